The molecule has 0 aliphatic heterocycles. The Morgan fingerprint density at radius 2 is 2.00 bits per heavy atom. The third kappa shape index (κ3) is 2.97. The molecule has 0 fully saturated rings. The molecule has 0 aliphatic carbocycles. The van der Waals surface area contributed by atoms with Crippen LogP contribution in [0.15, 0.2) is 36.5 Å². The highest BCUT2D eigenvalue weighted by atomic mass is 19.1. The summed E-state index contributed by atoms with van der Waals surface area (Å²) in [5, 5.41) is 11.3. The Labute approximate surface area is 114 Å². The predicted molar refractivity (Wildman–Crippen MR) is 70.3 cm³/mol. The molecular weight excluding hydrogens is 263 g/mol. The maximum atomic E-state index is 13.1. The number of hydrogen-bond donors (Lipinski definition) is 2. The molecule has 2 aromatic rings. The van der Waals surface area contributed by atoms with Gasteiger partial charge in [-0.05, 0) is 42.8 Å². The van der Waals surface area contributed by atoms with Gasteiger partial charge in [0.15, 0.2) is 0 Å². The second-order valence-corrected chi connectivity index (χ2v) is 4.16. The molecule has 0 spiro atoms. The normalized spacial score (nSPS) is 10.1. The van der Waals surface area contributed by atoms with E-state index in [0.717, 1.165) is 6.20 Å². The number of amides is 1. The van der Waals surface area contributed by atoms with Crippen molar-refractivity contribution in [2.24, 2.45) is 0 Å². The second kappa shape index (κ2) is 5.48. The Kier molecular flexibility index (Phi) is 3.74. The van der Waals surface area contributed by atoms with Gasteiger partial charge < -0.3 is 10.4 Å². The molecule has 2 N–H and O–H groups in total. The lowest BCUT2D eigenvalue weighted by Crippen LogP contribution is -2.14. The van der Waals surface area contributed by atoms with Crippen molar-refractivity contribution in [2.45, 2.75) is 6.92 Å². The molecule has 0 saturated carbocycles. The third-order valence-corrected chi connectivity index (χ3v) is 2.66. The zero-order valence-electron chi connectivity index (χ0n) is 10.6. The number of rotatable bonds is 3. The molecule has 0 unspecified atom stereocenters. The molecule has 1 aromatic carbocycles. The highest BCUT2D eigenvalue weighted by molar-refractivity contribution is 6.03. The molecule has 0 radical (unpaired) electrons. The van der Waals surface area contributed by atoms with Crippen LogP contribution in [0, 0.1) is 12.7 Å². The number of aromatic carboxylic acids is 1. The standard InChI is InChI=1S/C14H11FN2O3/c1-8-6-10(3-4-11(8)15)17-13(18)12-5-2-9(7-16-12)14(19)20/h2-7H,1H3,(H,17,18)(H,19,20). The van der Waals surface area contributed by atoms with Crippen molar-refractivity contribution < 1.29 is 19.1 Å². The van der Waals surface area contributed by atoms with Gasteiger partial charge in [0, 0.05) is 11.9 Å². The summed E-state index contributed by atoms with van der Waals surface area (Å²) < 4.78 is 13.1. The van der Waals surface area contributed by atoms with Crippen molar-refractivity contribution in [1.82, 2.24) is 4.98 Å². The summed E-state index contributed by atoms with van der Waals surface area (Å²) >= 11 is 0. The Morgan fingerprint density at radius 1 is 1.25 bits per heavy atom. The van der Waals surface area contributed by atoms with Crippen LogP contribution in [0.1, 0.15) is 26.4 Å². The number of carboxylic acids is 1. The lowest BCUT2D eigenvalue weighted by atomic mass is 10.2. The van der Waals surface area contributed by atoms with Gasteiger partial charge in [0.05, 0.1) is 5.56 Å². The number of carbonyl (C=O) groups excluding carboxylic acids is 1. The van der Waals surface area contributed by atoms with E-state index in [4.69, 9.17) is 5.11 Å². The molecule has 6 heteroatoms. The number of benzene rings is 1. The summed E-state index contributed by atoms with van der Waals surface area (Å²) in [5.74, 6) is -1.96. The summed E-state index contributed by atoms with van der Waals surface area (Å²) in [7, 11) is 0. The fourth-order valence-corrected chi connectivity index (χ4v) is 1.57. The lowest BCUT2D eigenvalue weighted by molar-refractivity contribution is 0.0696. The van der Waals surface area contributed by atoms with Crippen LogP contribution >= 0.6 is 0 Å². The zero-order chi connectivity index (χ0) is 14.7. The first-order valence-electron chi connectivity index (χ1n) is 5.74. The third-order valence-electron chi connectivity index (χ3n) is 2.66. The Bertz CT molecular complexity index is 669. The minimum absolute atomic E-state index is 0.000762. The minimum Gasteiger partial charge on any atom is -0.478 e. The fraction of sp³-hybridized carbons (Fsp3) is 0.0714. The minimum atomic E-state index is -1.11. The maximum absolute atomic E-state index is 13.1. The number of halogens is 1. The number of aromatic nitrogens is 1. The highest BCUT2D eigenvalue weighted by Crippen LogP contribution is 2.14. The smallest absolute Gasteiger partial charge is 0.337 e. The van der Waals surface area contributed by atoms with Crippen LogP contribution in [-0.4, -0.2) is 22.0 Å². The molecule has 0 aliphatic rings. The van der Waals surface area contributed by atoms with Crippen LogP contribution in [0.4, 0.5) is 10.1 Å². The van der Waals surface area contributed by atoms with Crippen LogP contribution < -0.4 is 5.32 Å². The van der Waals surface area contributed by atoms with Crippen molar-refractivity contribution in [1.29, 1.82) is 0 Å². The first-order valence-corrected chi connectivity index (χ1v) is 5.74. The predicted octanol–water partition coefficient (Wildman–Crippen LogP) is 2.48. The van der Waals surface area contributed by atoms with E-state index in [1.165, 1.54) is 30.3 Å². The van der Waals surface area contributed by atoms with E-state index >= 15 is 0 Å². The van der Waals surface area contributed by atoms with Gasteiger partial charge in [0.2, 0.25) is 0 Å². The largest absolute Gasteiger partial charge is 0.478 e. The fourth-order valence-electron chi connectivity index (χ4n) is 1.57. The van der Waals surface area contributed by atoms with E-state index < -0.39 is 11.9 Å². The van der Waals surface area contributed by atoms with E-state index in [2.05, 4.69) is 10.3 Å². The first-order chi connectivity index (χ1) is 9.47. The average Bonchev–Trinajstić information content (AvgIpc) is 2.43. The van der Waals surface area contributed by atoms with Crippen LogP contribution in [0.2, 0.25) is 0 Å². The average molecular weight is 274 g/mol. The first kappa shape index (κ1) is 13.7. The molecule has 20 heavy (non-hydrogen) atoms. The second-order valence-electron chi connectivity index (χ2n) is 4.16. The molecule has 2 rings (SSSR count). The molecule has 0 bridgehead atoms. The van der Waals surface area contributed by atoms with Crippen LogP contribution in [-0.2, 0) is 0 Å². The summed E-state index contributed by atoms with van der Waals surface area (Å²) in [4.78, 5) is 26.3. The molecular formula is C14H11FN2O3. The number of carboxylic acid groups (broad SMARTS) is 1. The number of nitrogens with zero attached hydrogens (tertiary/aromatic N) is 1. The lowest BCUT2D eigenvalue weighted by Gasteiger charge is -2.06. The summed E-state index contributed by atoms with van der Waals surface area (Å²) in [6.07, 6.45) is 1.10. The number of pyridine rings is 1. The van der Waals surface area contributed by atoms with Gasteiger partial charge >= 0.3 is 5.97 Å². The van der Waals surface area contributed by atoms with Gasteiger partial charge in [-0.25, -0.2) is 9.18 Å². The van der Waals surface area contributed by atoms with E-state index in [1.54, 1.807) is 6.92 Å². The van der Waals surface area contributed by atoms with E-state index in [1.807, 2.05) is 0 Å². The van der Waals surface area contributed by atoms with Gasteiger partial charge in [-0.2, -0.15) is 0 Å². The van der Waals surface area contributed by atoms with Gasteiger partial charge in [-0.15, -0.1) is 0 Å². The van der Waals surface area contributed by atoms with Gasteiger partial charge in [0.1, 0.15) is 11.5 Å². The van der Waals surface area contributed by atoms with Crippen LogP contribution in [0.3, 0.4) is 0 Å². The molecule has 5 nitrogen and oxygen atoms in total. The molecule has 0 atom stereocenters. The van der Waals surface area contributed by atoms with Crippen LogP contribution in [0.25, 0.3) is 0 Å². The Hall–Kier alpha value is -2.76. The van der Waals surface area contributed by atoms with Crippen molar-refractivity contribution in [3.63, 3.8) is 0 Å². The summed E-state index contributed by atoms with van der Waals surface area (Å²) in [6.45, 7) is 1.59. The number of anilines is 1. The SMILES string of the molecule is Cc1cc(NC(=O)c2ccc(C(=O)O)cn2)ccc1F. The topological polar surface area (TPSA) is 79.3 Å². The molecule has 1 aromatic heterocycles. The van der Waals surface area contributed by atoms with Crippen molar-refractivity contribution in [2.75, 3.05) is 5.32 Å². The molecule has 0 saturated heterocycles. The van der Waals surface area contributed by atoms with Crippen molar-refractivity contribution >= 4 is 17.6 Å². The highest BCUT2D eigenvalue weighted by Gasteiger charge is 2.10. The summed E-state index contributed by atoms with van der Waals surface area (Å²) in [6, 6.07) is 6.80. The number of carbonyl (C=O) groups is 2. The van der Waals surface area contributed by atoms with Crippen molar-refractivity contribution in [3.05, 3.63) is 59.2 Å². The molecule has 1 amide bonds. The van der Waals surface area contributed by atoms with Gasteiger partial charge in [-0.3, -0.25) is 9.78 Å². The molecule has 102 valence electrons. The van der Waals surface area contributed by atoms with Crippen molar-refractivity contribution in [3.8, 4) is 0 Å². The van der Waals surface area contributed by atoms with Gasteiger partial charge in [-0.1, -0.05) is 0 Å². The molecule has 1 heterocycles. The quantitative estimate of drug-likeness (QED) is 0.901. The monoisotopic (exact) mass is 274 g/mol. The number of aryl methyl sites for hydroxylation is 1. The number of hydrogen-bond acceptors (Lipinski definition) is 3. The Balaban J connectivity index is 2.15. The van der Waals surface area contributed by atoms with E-state index in [0.29, 0.717) is 11.3 Å². The summed E-state index contributed by atoms with van der Waals surface area (Å²) in [5.41, 5.74) is 0.936. The maximum Gasteiger partial charge on any atom is 0.337 e. The van der Waals surface area contributed by atoms with E-state index in [9.17, 15) is 14.0 Å². The van der Waals surface area contributed by atoms with Gasteiger partial charge in [0.25, 0.3) is 5.91 Å². The van der Waals surface area contributed by atoms with Crippen LogP contribution in [0.5, 0.6) is 0 Å². The zero-order valence-corrected chi connectivity index (χ0v) is 10.6. The van der Waals surface area contributed by atoms with E-state index in [-0.39, 0.29) is 17.1 Å². The number of nitrogens with one attached hydrogen (secondary N) is 1. The Morgan fingerprint density at radius 3 is 2.55 bits per heavy atom.